The van der Waals surface area contributed by atoms with Crippen LogP contribution in [-0.2, 0) is 11.4 Å². The number of hydrogen-bond donors (Lipinski definition) is 1. The Bertz CT molecular complexity index is 845. The van der Waals surface area contributed by atoms with E-state index in [0.717, 1.165) is 26.8 Å². The van der Waals surface area contributed by atoms with E-state index in [2.05, 4.69) is 4.98 Å². The number of carboxylic acid groups (broad SMARTS) is 1. The molecule has 4 nitrogen and oxygen atoms in total. The molecule has 25 heavy (non-hydrogen) atoms. The van der Waals surface area contributed by atoms with Gasteiger partial charge in [0.05, 0.1) is 11.4 Å². The molecule has 0 aliphatic carbocycles. The Morgan fingerprint density at radius 1 is 1.20 bits per heavy atom. The summed E-state index contributed by atoms with van der Waals surface area (Å²) in [6.45, 7) is 2.40. The van der Waals surface area contributed by atoms with E-state index in [1.165, 1.54) is 11.3 Å². The van der Waals surface area contributed by atoms with Crippen LogP contribution in [0, 0.1) is 6.92 Å². The lowest BCUT2D eigenvalue weighted by Crippen LogP contribution is -2.07. The number of ether oxygens (including phenoxy) is 1. The summed E-state index contributed by atoms with van der Waals surface area (Å²) < 4.78 is 5.87. The maximum absolute atomic E-state index is 11.3. The Morgan fingerprint density at radius 2 is 2.00 bits per heavy atom. The van der Waals surface area contributed by atoms with Crippen LogP contribution in [-0.4, -0.2) is 16.1 Å². The number of carbonyl (C=O) groups is 1. The molecule has 0 spiro atoms. The van der Waals surface area contributed by atoms with Gasteiger partial charge in [-0.1, -0.05) is 42.5 Å². The zero-order chi connectivity index (χ0) is 17.6. The molecule has 128 valence electrons. The summed E-state index contributed by atoms with van der Waals surface area (Å²) in [5.74, 6) is -0.311. The van der Waals surface area contributed by atoms with Crippen molar-refractivity contribution in [1.29, 1.82) is 0 Å². The zero-order valence-electron chi connectivity index (χ0n) is 13.9. The lowest BCUT2D eigenvalue weighted by Gasteiger charge is -2.15. The number of aryl methyl sites for hydroxylation is 1. The molecular weight excluding hydrogens is 334 g/mol. The van der Waals surface area contributed by atoms with E-state index in [4.69, 9.17) is 4.74 Å². The van der Waals surface area contributed by atoms with Crippen molar-refractivity contribution in [2.75, 3.05) is 0 Å². The van der Waals surface area contributed by atoms with Crippen molar-refractivity contribution in [1.82, 2.24) is 4.98 Å². The summed E-state index contributed by atoms with van der Waals surface area (Å²) in [5.41, 5.74) is 2.02. The van der Waals surface area contributed by atoms with Gasteiger partial charge >= 0.3 is 5.97 Å². The number of aromatic nitrogens is 1. The topological polar surface area (TPSA) is 59.4 Å². The number of benzene rings is 2. The van der Waals surface area contributed by atoms with Crippen LogP contribution in [0.25, 0.3) is 0 Å². The average Bonchev–Trinajstić information content (AvgIpc) is 3.05. The first-order chi connectivity index (χ1) is 12.1. The molecule has 0 bridgehead atoms. The standard InChI is InChI=1S/C20H19NO3S/c1-14-21-12-19(25-14)18(11-20(22)23)16-8-5-9-17(10-16)24-13-15-6-3-2-4-7-15/h2-10,12,18H,11,13H2,1H3,(H,22,23). The zero-order valence-corrected chi connectivity index (χ0v) is 14.7. The smallest absolute Gasteiger partial charge is 0.304 e. The first-order valence-corrected chi connectivity index (χ1v) is 8.84. The van der Waals surface area contributed by atoms with Gasteiger partial charge in [0.25, 0.3) is 0 Å². The minimum atomic E-state index is -0.827. The van der Waals surface area contributed by atoms with Crippen LogP contribution in [0.3, 0.4) is 0 Å². The third-order valence-electron chi connectivity index (χ3n) is 3.87. The minimum Gasteiger partial charge on any atom is -0.489 e. The van der Waals surface area contributed by atoms with E-state index in [1.54, 1.807) is 6.20 Å². The highest BCUT2D eigenvalue weighted by atomic mass is 32.1. The van der Waals surface area contributed by atoms with Gasteiger partial charge in [0.1, 0.15) is 12.4 Å². The van der Waals surface area contributed by atoms with Crippen molar-refractivity contribution < 1.29 is 14.6 Å². The van der Waals surface area contributed by atoms with E-state index in [0.29, 0.717) is 6.61 Å². The van der Waals surface area contributed by atoms with Crippen LogP contribution < -0.4 is 4.74 Å². The van der Waals surface area contributed by atoms with Crippen molar-refractivity contribution in [2.24, 2.45) is 0 Å². The first kappa shape index (κ1) is 17.2. The quantitative estimate of drug-likeness (QED) is 0.672. The van der Waals surface area contributed by atoms with Crippen molar-refractivity contribution in [3.05, 3.63) is 81.8 Å². The molecule has 0 saturated carbocycles. The van der Waals surface area contributed by atoms with Crippen molar-refractivity contribution in [3.63, 3.8) is 0 Å². The van der Waals surface area contributed by atoms with Crippen molar-refractivity contribution in [2.45, 2.75) is 25.9 Å². The summed E-state index contributed by atoms with van der Waals surface area (Å²) in [6, 6.07) is 17.6. The molecule has 0 amide bonds. The Morgan fingerprint density at radius 3 is 2.68 bits per heavy atom. The number of nitrogens with zero attached hydrogens (tertiary/aromatic N) is 1. The summed E-state index contributed by atoms with van der Waals surface area (Å²) in [6.07, 6.45) is 1.80. The molecule has 1 atom stereocenters. The van der Waals surface area contributed by atoms with Gasteiger partial charge in [-0.05, 0) is 30.2 Å². The largest absolute Gasteiger partial charge is 0.489 e. The Hall–Kier alpha value is -2.66. The Balaban J connectivity index is 1.81. The average molecular weight is 353 g/mol. The number of carboxylic acids is 1. The van der Waals surface area contributed by atoms with Gasteiger partial charge < -0.3 is 9.84 Å². The molecular formula is C20H19NO3S. The first-order valence-electron chi connectivity index (χ1n) is 8.02. The Labute approximate surface area is 150 Å². The van der Waals surface area contributed by atoms with Gasteiger partial charge in [-0.15, -0.1) is 11.3 Å². The summed E-state index contributed by atoms with van der Waals surface area (Å²) >= 11 is 1.53. The predicted molar refractivity (Wildman–Crippen MR) is 98.2 cm³/mol. The third kappa shape index (κ3) is 4.67. The van der Waals surface area contributed by atoms with Crippen LogP contribution in [0.5, 0.6) is 5.75 Å². The summed E-state index contributed by atoms with van der Waals surface area (Å²) in [4.78, 5) is 16.5. The molecule has 1 aromatic heterocycles. The van der Waals surface area contributed by atoms with E-state index < -0.39 is 5.97 Å². The highest BCUT2D eigenvalue weighted by molar-refractivity contribution is 7.11. The molecule has 0 aliphatic heterocycles. The lowest BCUT2D eigenvalue weighted by molar-refractivity contribution is -0.137. The van der Waals surface area contributed by atoms with Crippen LogP contribution in [0.1, 0.15) is 33.4 Å². The summed E-state index contributed by atoms with van der Waals surface area (Å²) in [5, 5.41) is 10.2. The lowest BCUT2D eigenvalue weighted by atomic mass is 9.94. The van der Waals surface area contributed by atoms with Crippen molar-refractivity contribution in [3.8, 4) is 5.75 Å². The third-order valence-corrected chi connectivity index (χ3v) is 4.90. The highest BCUT2D eigenvalue weighted by Crippen LogP contribution is 2.33. The van der Waals surface area contributed by atoms with Gasteiger partial charge in [-0.25, -0.2) is 4.98 Å². The van der Waals surface area contributed by atoms with Gasteiger partial charge in [0.2, 0.25) is 0 Å². The molecule has 0 fully saturated rings. The molecule has 3 aromatic rings. The fourth-order valence-corrected chi connectivity index (χ4v) is 3.57. The van der Waals surface area contributed by atoms with Crippen LogP contribution >= 0.6 is 11.3 Å². The fraction of sp³-hybridized carbons (Fsp3) is 0.200. The van der Waals surface area contributed by atoms with E-state index in [9.17, 15) is 9.90 Å². The molecule has 1 heterocycles. The van der Waals surface area contributed by atoms with E-state index in [1.807, 2.05) is 61.5 Å². The SMILES string of the molecule is Cc1ncc(C(CC(=O)O)c2cccc(OCc3ccccc3)c2)s1. The van der Waals surface area contributed by atoms with Crippen LogP contribution in [0.4, 0.5) is 0 Å². The monoisotopic (exact) mass is 353 g/mol. The van der Waals surface area contributed by atoms with E-state index >= 15 is 0 Å². The molecule has 0 radical (unpaired) electrons. The van der Waals surface area contributed by atoms with Crippen molar-refractivity contribution >= 4 is 17.3 Å². The highest BCUT2D eigenvalue weighted by Gasteiger charge is 2.20. The Kier molecular flexibility index (Phi) is 5.46. The van der Waals surface area contributed by atoms with Gasteiger partial charge in [0, 0.05) is 17.0 Å². The maximum Gasteiger partial charge on any atom is 0.304 e. The number of rotatable bonds is 7. The number of hydrogen-bond acceptors (Lipinski definition) is 4. The second kappa shape index (κ2) is 7.94. The molecule has 0 saturated heterocycles. The van der Waals surface area contributed by atoms with Crippen LogP contribution in [0.15, 0.2) is 60.8 Å². The second-order valence-corrected chi connectivity index (χ2v) is 7.05. The number of thiazole rings is 1. The molecule has 5 heteroatoms. The molecule has 1 N–H and O–H groups in total. The normalized spacial score (nSPS) is 11.9. The maximum atomic E-state index is 11.3. The van der Waals surface area contributed by atoms with Gasteiger partial charge in [-0.2, -0.15) is 0 Å². The molecule has 3 rings (SSSR count). The van der Waals surface area contributed by atoms with Gasteiger partial charge in [0.15, 0.2) is 0 Å². The molecule has 1 unspecified atom stereocenters. The fourth-order valence-electron chi connectivity index (χ4n) is 2.66. The molecule has 2 aromatic carbocycles. The predicted octanol–water partition coefficient (Wildman–Crippen LogP) is 4.64. The van der Waals surface area contributed by atoms with Gasteiger partial charge in [-0.3, -0.25) is 4.79 Å². The summed E-state index contributed by atoms with van der Waals surface area (Å²) in [7, 11) is 0. The van der Waals surface area contributed by atoms with Crippen LogP contribution in [0.2, 0.25) is 0 Å². The second-order valence-electron chi connectivity index (χ2n) is 5.78. The number of aliphatic carboxylic acids is 1. The minimum absolute atomic E-state index is 0.0315. The molecule has 0 aliphatic rings. The van der Waals surface area contributed by atoms with E-state index in [-0.39, 0.29) is 12.3 Å².